The van der Waals surface area contributed by atoms with Crippen LogP contribution in [0.3, 0.4) is 0 Å². The topological polar surface area (TPSA) is 29.9 Å². The molecule has 1 heterocycles. The SMILES string of the molecule is Cc1cc(C)n(CCCNC2C3CC4CC(C3)CC2C4)n1. The predicted octanol–water partition coefficient (Wildman–Crippen LogP) is 3.30. The van der Waals surface area contributed by atoms with Crippen LogP contribution < -0.4 is 5.32 Å². The summed E-state index contributed by atoms with van der Waals surface area (Å²) in [6.45, 7) is 6.45. The van der Waals surface area contributed by atoms with Crippen molar-refractivity contribution in [3.05, 3.63) is 17.5 Å². The fraction of sp³-hybridized carbons (Fsp3) is 0.833. The van der Waals surface area contributed by atoms with Crippen LogP contribution in [0.2, 0.25) is 0 Å². The molecule has 21 heavy (non-hydrogen) atoms. The average molecular weight is 287 g/mol. The van der Waals surface area contributed by atoms with Crippen LogP contribution >= 0.6 is 0 Å². The van der Waals surface area contributed by atoms with Gasteiger partial charge in [0.25, 0.3) is 0 Å². The molecule has 1 aromatic rings. The third-order valence-corrected chi connectivity index (χ3v) is 6.26. The van der Waals surface area contributed by atoms with Crippen LogP contribution in [0.25, 0.3) is 0 Å². The largest absolute Gasteiger partial charge is 0.313 e. The Kier molecular flexibility index (Phi) is 3.56. The van der Waals surface area contributed by atoms with Crippen molar-refractivity contribution in [2.75, 3.05) is 6.54 Å². The highest BCUT2D eigenvalue weighted by molar-refractivity contribution is 5.06. The molecule has 3 heteroatoms. The first kappa shape index (κ1) is 13.8. The zero-order valence-corrected chi connectivity index (χ0v) is 13.5. The summed E-state index contributed by atoms with van der Waals surface area (Å²) >= 11 is 0. The Hall–Kier alpha value is -0.830. The molecular formula is C18H29N3. The van der Waals surface area contributed by atoms with Crippen molar-refractivity contribution in [3.63, 3.8) is 0 Å². The monoisotopic (exact) mass is 287 g/mol. The fourth-order valence-corrected chi connectivity index (χ4v) is 5.66. The van der Waals surface area contributed by atoms with Gasteiger partial charge in [0.15, 0.2) is 0 Å². The first-order valence-corrected chi connectivity index (χ1v) is 8.93. The van der Waals surface area contributed by atoms with Gasteiger partial charge < -0.3 is 5.32 Å². The Bertz CT molecular complexity index is 477. The van der Waals surface area contributed by atoms with Crippen molar-refractivity contribution in [1.82, 2.24) is 15.1 Å². The molecule has 4 fully saturated rings. The van der Waals surface area contributed by atoms with Crippen molar-refractivity contribution in [3.8, 4) is 0 Å². The molecule has 4 saturated carbocycles. The minimum Gasteiger partial charge on any atom is -0.313 e. The van der Waals surface area contributed by atoms with Crippen LogP contribution in [0, 0.1) is 37.5 Å². The summed E-state index contributed by atoms with van der Waals surface area (Å²) in [6, 6.07) is 3.00. The summed E-state index contributed by atoms with van der Waals surface area (Å²) in [5.41, 5.74) is 2.43. The highest BCUT2D eigenvalue weighted by atomic mass is 15.3. The minimum atomic E-state index is 0.832. The number of nitrogens with one attached hydrogen (secondary N) is 1. The number of hydrogen-bond donors (Lipinski definition) is 1. The Morgan fingerprint density at radius 2 is 1.76 bits per heavy atom. The molecule has 5 rings (SSSR count). The third-order valence-electron chi connectivity index (χ3n) is 6.26. The molecule has 0 unspecified atom stereocenters. The smallest absolute Gasteiger partial charge is 0.0596 e. The number of hydrogen-bond acceptors (Lipinski definition) is 2. The molecule has 4 aliphatic rings. The van der Waals surface area contributed by atoms with Gasteiger partial charge in [-0.05, 0) is 88.7 Å². The van der Waals surface area contributed by atoms with E-state index in [9.17, 15) is 0 Å². The summed E-state index contributed by atoms with van der Waals surface area (Å²) in [4.78, 5) is 0. The molecule has 0 atom stereocenters. The lowest BCUT2D eigenvalue weighted by atomic mass is 9.54. The maximum atomic E-state index is 4.56. The summed E-state index contributed by atoms with van der Waals surface area (Å²) in [6.07, 6.45) is 8.82. The van der Waals surface area contributed by atoms with Crippen LogP contribution in [0.4, 0.5) is 0 Å². The van der Waals surface area contributed by atoms with E-state index < -0.39 is 0 Å². The molecule has 1 N–H and O–H groups in total. The second kappa shape index (κ2) is 5.42. The second-order valence-corrected chi connectivity index (χ2v) is 7.91. The molecule has 3 nitrogen and oxygen atoms in total. The molecule has 0 amide bonds. The van der Waals surface area contributed by atoms with Crippen molar-refractivity contribution >= 4 is 0 Å². The van der Waals surface area contributed by atoms with E-state index in [0.717, 1.165) is 48.5 Å². The Morgan fingerprint density at radius 1 is 1.10 bits per heavy atom. The zero-order chi connectivity index (χ0) is 14.4. The maximum Gasteiger partial charge on any atom is 0.0596 e. The Morgan fingerprint density at radius 3 is 2.33 bits per heavy atom. The molecule has 4 bridgehead atoms. The van der Waals surface area contributed by atoms with Crippen LogP contribution in [-0.4, -0.2) is 22.4 Å². The average Bonchev–Trinajstić information content (AvgIpc) is 2.74. The van der Waals surface area contributed by atoms with Gasteiger partial charge in [-0.2, -0.15) is 5.10 Å². The van der Waals surface area contributed by atoms with Gasteiger partial charge in [-0.1, -0.05) is 0 Å². The van der Waals surface area contributed by atoms with Crippen molar-refractivity contribution in [2.24, 2.45) is 23.7 Å². The predicted molar refractivity (Wildman–Crippen MR) is 85.2 cm³/mol. The first-order chi connectivity index (χ1) is 10.2. The van der Waals surface area contributed by atoms with E-state index in [-0.39, 0.29) is 0 Å². The van der Waals surface area contributed by atoms with Gasteiger partial charge in [-0.15, -0.1) is 0 Å². The highest BCUT2D eigenvalue weighted by Crippen LogP contribution is 2.53. The normalized spacial score (nSPS) is 37.3. The lowest BCUT2D eigenvalue weighted by Gasteiger charge is -2.54. The fourth-order valence-electron chi connectivity index (χ4n) is 5.66. The van der Waals surface area contributed by atoms with Gasteiger partial charge >= 0.3 is 0 Å². The lowest BCUT2D eigenvalue weighted by molar-refractivity contribution is -0.0136. The van der Waals surface area contributed by atoms with Crippen molar-refractivity contribution < 1.29 is 0 Å². The van der Waals surface area contributed by atoms with Gasteiger partial charge in [0.2, 0.25) is 0 Å². The molecule has 4 aliphatic carbocycles. The summed E-state index contributed by atoms with van der Waals surface area (Å²) < 4.78 is 2.16. The van der Waals surface area contributed by atoms with Gasteiger partial charge in [0.05, 0.1) is 5.69 Å². The van der Waals surface area contributed by atoms with E-state index in [1.807, 2.05) is 0 Å². The molecule has 116 valence electrons. The summed E-state index contributed by atoms with van der Waals surface area (Å²) in [5, 5.41) is 8.48. The van der Waals surface area contributed by atoms with Crippen LogP contribution in [0.15, 0.2) is 6.07 Å². The van der Waals surface area contributed by atoms with Crippen LogP contribution in [0.5, 0.6) is 0 Å². The number of rotatable bonds is 5. The van der Waals surface area contributed by atoms with E-state index in [1.165, 1.54) is 37.8 Å². The first-order valence-electron chi connectivity index (χ1n) is 8.93. The molecule has 0 aliphatic heterocycles. The minimum absolute atomic E-state index is 0.832. The van der Waals surface area contributed by atoms with Crippen molar-refractivity contribution in [1.29, 1.82) is 0 Å². The third kappa shape index (κ3) is 2.65. The summed E-state index contributed by atoms with van der Waals surface area (Å²) in [5.74, 6) is 4.16. The molecular weight excluding hydrogens is 258 g/mol. The van der Waals surface area contributed by atoms with Crippen LogP contribution in [0.1, 0.15) is 49.9 Å². The number of aryl methyl sites for hydroxylation is 3. The van der Waals surface area contributed by atoms with E-state index in [4.69, 9.17) is 0 Å². The second-order valence-electron chi connectivity index (χ2n) is 7.91. The van der Waals surface area contributed by atoms with Gasteiger partial charge in [-0.25, -0.2) is 0 Å². The number of nitrogens with zero attached hydrogens (tertiary/aromatic N) is 2. The highest BCUT2D eigenvalue weighted by Gasteiger charge is 2.47. The zero-order valence-electron chi connectivity index (χ0n) is 13.5. The standard InChI is InChI=1S/C18H29N3/c1-12-6-13(2)21(20-12)5-3-4-19-18-16-8-14-7-15(10-16)11-17(18)9-14/h6,14-19H,3-5,7-11H2,1-2H3. The summed E-state index contributed by atoms with van der Waals surface area (Å²) in [7, 11) is 0. The van der Waals surface area contributed by atoms with E-state index in [2.05, 4.69) is 35.0 Å². The molecule has 0 spiro atoms. The van der Waals surface area contributed by atoms with E-state index in [1.54, 1.807) is 6.42 Å². The molecule has 0 saturated heterocycles. The Balaban J connectivity index is 1.27. The number of aromatic nitrogens is 2. The van der Waals surface area contributed by atoms with Crippen molar-refractivity contribution in [2.45, 2.75) is 65.0 Å². The van der Waals surface area contributed by atoms with E-state index in [0.29, 0.717) is 0 Å². The molecule has 1 aromatic heterocycles. The quantitative estimate of drug-likeness (QED) is 0.842. The van der Waals surface area contributed by atoms with Gasteiger partial charge in [-0.3, -0.25) is 4.68 Å². The lowest BCUT2D eigenvalue weighted by Crippen LogP contribution is -2.54. The maximum absolute atomic E-state index is 4.56. The van der Waals surface area contributed by atoms with Gasteiger partial charge in [0, 0.05) is 18.3 Å². The molecule has 0 radical (unpaired) electrons. The molecule has 0 aromatic carbocycles. The Labute approximate surface area is 128 Å². The van der Waals surface area contributed by atoms with E-state index >= 15 is 0 Å². The van der Waals surface area contributed by atoms with Crippen LogP contribution in [-0.2, 0) is 6.54 Å². The van der Waals surface area contributed by atoms with Gasteiger partial charge in [0.1, 0.15) is 0 Å².